The Labute approximate surface area is 114 Å². The van der Waals surface area contributed by atoms with Crippen LogP contribution in [0.4, 0.5) is 0 Å². The molecule has 1 heterocycles. The van der Waals surface area contributed by atoms with E-state index in [4.69, 9.17) is 16.7 Å². The molecule has 0 spiro atoms. The number of amides is 1. The first kappa shape index (κ1) is 13.5. The number of carbonyl (C=O) groups excluding carboxylic acids is 2. The van der Waals surface area contributed by atoms with Crippen LogP contribution in [-0.2, 0) is 9.59 Å². The van der Waals surface area contributed by atoms with E-state index >= 15 is 0 Å². The molecular weight excluding hydrogens is 270 g/mol. The molecular formula is C13H12ClNO4. The van der Waals surface area contributed by atoms with Crippen molar-refractivity contribution < 1.29 is 19.5 Å². The fourth-order valence-corrected chi connectivity index (χ4v) is 2.34. The Balaban J connectivity index is 2.20. The summed E-state index contributed by atoms with van der Waals surface area (Å²) in [5.41, 5.74) is 0.175. The van der Waals surface area contributed by atoms with Crippen molar-refractivity contribution in [2.45, 2.75) is 18.9 Å². The van der Waals surface area contributed by atoms with Crippen LogP contribution in [0.25, 0.3) is 0 Å². The van der Waals surface area contributed by atoms with Gasteiger partial charge in [-0.15, -0.1) is 0 Å². The first-order chi connectivity index (χ1) is 9.00. The van der Waals surface area contributed by atoms with Crippen molar-refractivity contribution >= 4 is 29.3 Å². The summed E-state index contributed by atoms with van der Waals surface area (Å²) < 4.78 is 0. The Bertz CT molecular complexity index is 543. The minimum absolute atomic E-state index is 0.175. The van der Waals surface area contributed by atoms with Gasteiger partial charge in [-0.2, -0.15) is 0 Å². The zero-order valence-corrected chi connectivity index (χ0v) is 10.8. The van der Waals surface area contributed by atoms with Gasteiger partial charge >= 0.3 is 5.97 Å². The summed E-state index contributed by atoms with van der Waals surface area (Å²) in [5, 5.41) is 9.36. The molecule has 0 aliphatic carbocycles. The molecule has 2 rings (SSSR count). The van der Waals surface area contributed by atoms with Gasteiger partial charge in [0.25, 0.3) is 5.91 Å². The molecule has 1 amide bonds. The highest BCUT2D eigenvalue weighted by Crippen LogP contribution is 2.19. The van der Waals surface area contributed by atoms with Gasteiger partial charge in [-0.3, -0.25) is 9.59 Å². The van der Waals surface area contributed by atoms with Gasteiger partial charge in [-0.1, -0.05) is 23.7 Å². The van der Waals surface area contributed by atoms with Gasteiger partial charge in [0.2, 0.25) is 5.78 Å². The third-order valence-electron chi connectivity index (χ3n) is 3.08. The molecule has 0 radical (unpaired) electrons. The van der Waals surface area contributed by atoms with Crippen LogP contribution < -0.4 is 0 Å². The summed E-state index contributed by atoms with van der Waals surface area (Å²) in [4.78, 5) is 36.2. The Kier molecular flexibility index (Phi) is 3.85. The lowest BCUT2D eigenvalue weighted by molar-refractivity contribution is -0.146. The number of ketones is 1. The SMILES string of the molecule is O=C(C(=O)N1CCC[C@H]1C(=O)O)c1cccc(Cl)c1. The number of hydrogen-bond acceptors (Lipinski definition) is 3. The van der Waals surface area contributed by atoms with Crippen LogP contribution in [-0.4, -0.2) is 40.3 Å². The molecule has 100 valence electrons. The minimum atomic E-state index is -1.08. The monoisotopic (exact) mass is 281 g/mol. The molecule has 0 aromatic heterocycles. The summed E-state index contributed by atoms with van der Waals surface area (Å²) in [7, 11) is 0. The standard InChI is InChI=1S/C13H12ClNO4/c14-9-4-1-3-8(7-9)11(16)12(17)15-6-2-5-10(15)13(18)19/h1,3-4,7,10H,2,5-6H2,(H,18,19)/t10-/m0/s1. The first-order valence-corrected chi connectivity index (χ1v) is 6.22. The van der Waals surface area contributed by atoms with Crippen molar-refractivity contribution in [3.63, 3.8) is 0 Å². The molecule has 1 aromatic rings. The number of nitrogens with zero attached hydrogens (tertiary/aromatic N) is 1. The zero-order valence-electron chi connectivity index (χ0n) is 10.0. The van der Waals surface area contributed by atoms with Gasteiger partial charge in [0.15, 0.2) is 0 Å². The van der Waals surface area contributed by atoms with Gasteiger partial charge in [0.1, 0.15) is 6.04 Å². The largest absolute Gasteiger partial charge is 0.480 e. The lowest BCUT2D eigenvalue weighted by Gasteiger charge is -2.20. The van der Waals surface area contributed by atoms with Crippen LogP contribution in [0.2, 0.25) is 5.02 Å². The van der Waals surface area contributed by atoms with Gasteiger partial charge in [0, 0.05) is 17.1 Å². The van der Waals surface area contributed by atoms with Gasteiger partial charge in [-0.05, 0) is 25.0 Å². The predicted molar refractivity (Wildman–Crippen MR) is 68.2 cm³/mol. The van der Waals surface area contributed by atoms with Crippen molar-refractivity contribution in [3.8, 4) is 0 Å². The Morgan fingerprint density at radius 3 is 2.68 bits per heavy atom. The first-order valence-electron chi connectivity index (χ1n) is 5.84. The third kappa shape index (κ3) is 2.76. The van der Waals surface area contributed by atoms with Crippen molar-refractivity contribution in [1.82, 2.24) is 4.90 Å². The molecule has 19 heavy (non-hydrogen) atoms. The number of Topliss-reactive ketones (excluding diaryl/α,β-unsaturated/α-hetero) is 1. The predicted octanol–water partition coefficient (Wildman–Crippen LogP) is 1.60. The van der Waals surface area contributed by atoms with E-state index in [0.29, 0.717) is 24.4 Å². The maximum atomic E-state index is 12.0. The number of aliphatic carboxylic acids is 1. The van der Waals surface area contributed by atoms with Gasteiger partial charge in [0.05, 0.1) is 0 Å². The van der Waals surface area contributed by atoms with E-state index in [1.807, 2.05) is 0 Å². The summed E-state index contributed by atoms with van der Waals surface area (Å²) in [5.74, 6) is -2.59. The second-order valence-corrected chi connectivity index (χ2v) is 4.77. The lowest BCUT2D eigenvalue weighted by atomic mass is 10.1. The number of halogens is 1. The van der Waals surface area contributed by atoms with E-state index in [1.165, 1.54) is 12.1 Å². The van der Waals surface area contributed by atoms with Gasteiger partial charge < -0.3 is 10.0 Å². The minimum Gasteiger partial charge on any atom is -0.480 e. The van der Waals surface area contributed by atoms with Gasteiger partial charge in [-0.25, -0.2) is 4.79 Å². The average Bonchev–Trinajstić information content (AvgIpc) is 2.86. The highest BCUT2D eigenvalue weighted by molar-refractivity contribution is 6.43. The van der Waals surface area contributed by atoms with Crippen LogP contribution in [0.3, 0.4) is 0 Å². The molecule has 1 aromatic carbocycles. The highest BCUT2D eigenvalue weighted by Gasteiger charge is 2.36. The number of hydrogen-bond donors (Lipinski definition) is 1. The molecule has 1 aliphatic heterocycles. The zero-order chi connectivity index (χ0) is 14.0. The topological polar surface area (TPSA) is 74.7 Å². The normalized spacial score (nSPS) is 18.4. The van der Waals surface area contributed by atoms with Crippen LogP contribution in [0.1, 0.15) is 23.2 Å². The Hall–Kier alpha value is -1.88. The molecule has 0 unspecified atom stereocenters. The second-order valence-electron chi connectivity index (χ2n) is 4.33. The fraction of sp³-hybridized carbons (Fsp3) is 0.308. The summed E-state index contributed by atoms with van der Waals surface area (Å²) in [6.45, 7) is 0.294. The maximum absolute atomic E-state index is 12.0. The Morgan fingerprint density at radius 1 is 1.32 bits per heavy atom. The van der Waals surface area contributed by atoms with E-state index in [1.54, 1.807) is 12.1 Å². The number of rotatable bonds is 3. The fourth-order valence-electron chi connectivity index (χ4n) is 2.15. The summed E-state index contributed by atoms with van der Waals surface area (Å²) in [6.07, 6.45) is 0.968. The highest BCUT2D eigenvalue weighted by atomic mass is 35.5. The van der Waals surface area contributed by atoms with Crippen LogP contribution in [0.5, 0.6) is 0 Å². The van der Waals surface area contributed by atoms with Crippen molar-refractivity contribution in [2.24, 2.45) is 0 Å². The Morgan fingerprint density at radius 2 is 2.05 bits per heavy atom. The molecule has 1 aliphatic rings. The maximum Gasteiger partial charge on any atom is 0.326 e. The van der Waals surface area contributed by atoms with E-state index in [-0.39, 0.29) is 5.56 Å². The van der Waals surface area contributed by atoms with Crippen LogP contribution in [0, 0.1) is 0 Å². The molecule has 1 N–H and O–H groups in total. The molecule has 1 saturated heterocycles. The molecule has 1 fully saturated rings. The van der Waals surface area contributed by atoms with Crippen molar-refractivity contribution in [3.05, 3.63) is 34.9 Å². The van der Waals surface area contributed by atoms with E-state index in [2.05, 4.69) is 0 Å². The van der Waals surface area contributed by atoms with E-state index in [9.17, 15) is 14.4 Å². The van der Waals surface area contributed by atoms with Crippen LogP contribution >= 0.6 is 11.6 Å². The van der Waals surface area contributed by atoms with Crippen LogP contribution in [0.15, 0.2) is 24.3 Å². The average molecular weight is 282 g/mol. The molecule has 5 nitrogen and oxygen atoms in total. The third-order valence-corrected chi connectivity index (χ3v) is 3.31. The number of carboxylic acid groups (broad SMARTS) is 1. The molecule has 0 saturated carbocycles. The van der Waals surface area contributed by atoms with E-state index < -0.39 is 23.7 Å². The van der Waals surface area contributed by atoms with E-state index in [0.717, 1.165) is 4.90 Å². The number of benzene rings is 1. The smallest absolute Gasteiger partial charge is 0.326 e. The summed E-state index contributed by atoms with van der Waals surface area (Å²) >= 11 is 5.76. The molecule has 6 heteroatoms. The lowest BCUT2D eigenvalue weighted by Crippen LogP contribution is -2.43. The number of carboxylic acids is 1. The molecule has 1 atom stereocenters. The van der Waals surface area contributed by atoms with Crippen molar-refractivity contribution in [1.29, 1.82) is 0 Å². The second kappa shape index (κ2) is 5.40. The summed E-state index contributed by atoms with van der Waals surface area (Å²) in [6, 6.07) is 5.14. The molecule has 0 bridgehead atoms. The van der Waals surface area contributed by atoms with Crippen molar-refractivity contribution in [2.75, 3.05) is 6.54 Å². The quantitative estimate of drug-likeness (QED) is 0.674. The number of likely N-dealkylation sites (tertiary alicyclic amines) is 1. The number of carbonyl (C=O) groups is 3.